The van der Waals surface area contributed by atoms with E-state index >= 15 is 0 Å². The van der Waals surface area contributed by atoms with Gasteiger partial charge >= 0.3 is 5.97 Å². The first-order chi connectivity index (χ1) is 11.6. The Kier molecular flexibility index (Phi) is 6.09. The number of pyridine rings is 1. The number of benzene rings is 1. The Morgan fingerprint density at radius 1 is 1.25 bits per heavy atom. The summed E-state index contributed by atoms with van der Waals surface area (Å²) in [5, 5.41) is 9.20. The van der Waals surface area contributed by atoms with Crippen molar-refractivity contribution >= 4 is 12.0 Å². The Labute approximate surface area is 141 Å². The standard InChI is InChI=1S/C19H18N2O3/c1-14(2)24-19(22)16(12-20)11-15-7-3-4-9-18(15)23-13-17-8-5-6-10-21-17/h3-11,14H,13H2,1-2H3/b16-11+. The summed E-state index contributed by atoms with van der Waals surface area (Å²) in [6.07, 6.45) is 2.88. The van der Waals surface area contributed by atoms with Crippen LogP contribution in [-0.4, -0.2) is 17.1 Å². The molecule has 0 spiro atoms. The molecule has 0 unspecified atom stereocenters. The van der Waals surface area contributed by atoms with Gasteiger partial charge in [0.1, 0.15) is 24.0 Å². The van der Waals surface area contributed by atoms with Crippen LogP contribution in [-0.2, 0) is 16.1 Å². The summed E-state index contributed by atoms with van der Waals surface area (Å²) < 4.78 is 10.8. The average Bonchev–Trinajstić information content (AvgIpc) is 2.59. The number of carbonyl (C=O) groups excluding carboxylic acids is 1. The van der Waals surface area contributed by atoms with E-state index in [4.69, 9.17) is 9.47 Å². The summed E-state index contributed by atoms with van der Waals surface area (Å²) in [5.74, 6) is -0.0831. The maximum Gasteiger partial charge on any atom is 0.349 e. The van der Waals surface area contributed by atoms with Crippen LogP contribution in [0.1, 0.15) is 25.1 Å². The summed E-state index contributed by atoms with van der Waals surface area (Å²) in [5.41, 5.74) is 1.35. The van der Waals surface area contributed by atoms with E-state index in [2.05, 4.69) is 4.98 Å². The number of aromatic nitrogens is 1. The van der Waals surface area contributed by atoms with Crippen molar-refractivity contribution < 1.29 is 14.3 Å². The van der Waals surface area contributed by atoms with Crippen LogP contribution in [0, 0.1) is 11.3 Å². The average molecular weight is 322 g/mol. The second-order valence-electron chi connectivity index (χ2n) is 5.27. The zero-order chi connectivity index (χ0) is 17.4. The van der Waals surface area contributed by atoms with E-state index < -0.39 is 5.97 Å². The van der Waals surface area contributed by atoms with Gasteiger partial charge in [-0.25, -0.2) is 4.79 Å². The maximum absolute atomic E-state index is 11.9. The van der Waals surface area contributed by atoms with Gasteiger partial charge in [0.05, 0.1) is 11.8 Å². The van der Waals surface area contributed by atoms with Gasteiger partial charge in [-0.05, 0) is 38.1 Å². The van der Waals surface area contributed by atoms with Crippen molar-refractivity contribution in [2.75, 3.05) is 0 Å². The molecule has 1 heterocycles. The van der Waals surface area contributed by atoms with Crippen LogP contribution in [0.2, 0.25) is 0 Å². The molecule has 0 amide bonds. The van der Waals surface area contributed by atoms with Gasteiger partial charge in [0.25, 0.3) is 0 Å². The number of carbonyl (C=O) groups is 1. The third-order valence-corrected chi connectivity index (χ3v) is 3.00. The van der Waals surface area contributed by atoms with Crippen molar-refractivity contribution in [1.29, 1.82) is 5.26 Å². The monoisotopic (exact) mass is 322 g/mol. The molecule has 122 valence electrons. The molecule has 0 radical (unpaired) electrons. The molecule has 1 aromatic heterocycles. The lowest BCUT2D eigenvalue weighted by atomic mass is 10.1. The van der Waals surface area contributed by atoms with E-state index in [1.165, 1.54) is 6.08 Å². The predicted molar refractivity (Wildman–Crippen MR) is 89.8 cm³/mol. The highest BCUT2D eigenvalue weighted by molar-refractivity contribution is 5.98. The first kappa shape index (κ1) is 17.2. The molecule has 2 aromatic rings. The Morgan fingerprint density at radius 3 is 2.67 bits per heavy atom. The highest BCUT2D eigenvalue weighted by Gasteiger charge is 2.13. The molecule has 0 N–H and O–H groups in total. The summed E-state index contributed by atoms with van der Waals surface area (Å²) in [6.45, 7) is 3.76. The molecular weight excluding hydrogens is 304 g/mol. The van der Waals surface area contributed by atoms with E-state index in [0.29, 0.717) is 17.9 Å². The molecule has 24 heavy (non-hydrogen) atoms. The molecule has 0 aliphatic heterocycles. The molecule has 2 rings (SSSR count). The Hall–Kier alpha value is -3.13. The van der Waals surface area contributed by atoms with Crippen LogP contribution in [0.25, 0.3) is 6.08 Å². The summed E-state index contributed by atoms with van der Waals surface area (Å²) in [6, 6.07) is 14.6. The molecular formula is C19H18N2O3. The maximum atomic E-state index is 11.9. The number of hydrogen-bond donors (Lipinski definition) is 0. The fraction of sp³-hybridized carbons (Fsp3) is 0.211. The van der Waals surface area contributed by atoms with Crippen LogP contribution in [0.5, 0.6) is 5.75 Å². The number of nitriles is 1. The summed E-state index contributed by atoms with van der Waals surface area (Å²) in [4.78, 5) is 16.1. The quantitative estimate of drug-likeness (QED) is 0.462. The minimum absolute atomic E-state index is 0.0717. The number of para-hydroxylation sites is 1. The number of rotatable bonds is 6. The fourth-order valence-electron chi connectivity index (χ4n) is 1.94. The molecule has 5 heteroatoms. The van der Waals surface area contributed by atoms with Gasteiger partial charge in [0, 0.05) is 11.8 Å². The highest BCUT2D eigenvalue weighted by atomic mass is 16.5. The minimum atomic E-state index is -0.646. The van der Waals surface area contributed by atoms with Gasteiger partial charge in [-0.1, -0.05) is 24.3 Å². The first-order valence-electron chi connectivity index (χ1n) is 7.54. The van der Waals surface area contributed by atoms with Gasteiger partial charge in [-0.3, -0.25) is 4.98 Å². The molecule has 0 aliphatic rings. The molecule has 5 nitrogen and oxygen atoms in total. The van der Waals surface area contributed by atoms with Crippen LogP contribution in [0.15, 0.2) is 54.2 Å². The first-order valence-corrected chi connectivity index (χ1v) is 7.54. The van der Waals surface area contributed by atoms with Crippen molar-refractivity contribution in [3.63, 3.8) is 0 Å². The number of nitrogens with zero attached hydrogens (tertiary/aromatic N) is 2. The van der Waals surface area contributed by atoms with Gasteiger partial charge in [0.15, 0.2) is 0 Å². The molecule has 0 bridgehead atoms. The number of esters is 1. The van der Waals surface area contributed by atoms with Gasteiger partial charge in [0.2, 0.25) is 0 Å². The van der Waals surface area contributed by atoms with Crippen molar-refractivity contribution in [2.24, 2.45) is 0 Å². The SMILES string of the molecule is CC(C)OC(=O)/C(C#N)=C/c1ccccc1OCc1ccccn1. The molecule has 0 saturated carbocycles. The zero-order valence-electron chi connectivity index (χ0n) is 13.6. The second kappa shape index (κ2) is 8.49. The Morgan fingerprint density at radius 2 is 2.00 bits per heavy atom. The lowest BCUT2D eigenvalue weighted by Crippen LogP contribution is -2.12. The molecule has 0 atom stereocenters. The summed E-state index contributed by atoms with van der Waals surface area (Å²) >= 11 is 0. The normalized spacial score (nSPS) is 11.0. The largest absolute Gasteiger partial charge is 0.487 e. The van der Waals surface area contributed by atoms with Gasteiger partial charge in [-0.15, -0.1) is 0 Å². The topological polar surface area (TPSA) is 72.2 Å². The predicted octanol–water partition coefficient (Wildman–Crippen LogP) is 3.52. The molecule has 0 aliphatic carbocycles. The third-order valence-electron chi connectivity index (χ3n) is 3.00. The fourth-order valence-corrected chi connectivity index (χ4v) is 1.94. The number of hydrogen-bond acceptors (Lipinski definition) is 5. The minimum Gasteiger partial charge on any atom is -0.487 e. The molecule has 0 saturated heterocycles. The smallest absolute Gasteiger partial charge is 0.349 e. The van der Waals surface area contributed by atoms with Crippen LogP contribution in [0.3, 0.4) is 0 Å². The highest BCUT2D eigenvalue weighted by Crippen LogP contribution is 2.22. The Balaban J connectivity index is 2.19. The molecule has 0 fully saturated rings. The van der Waals surface area contributed by atoms with Crippen LogP contribution in [0.4, 0.5) is 0 Å². The lowest BCUT2D eigenvalue weighted by molar-refractivity contribution is -0.142. The van der Waals surface area contributed by atoms with Crippen molar-refractivity contribution in [2.45, 2.75) is 26.6 Å². The van der Waals surface area contributed by atoms with Gasteiger partial charge < -0.3 is 9.47 Å². The van der Waals surface area contributed by atoms with E-state index in [-0.39, 0.29) is 11.7 Å². The van der Waals surface area contributed by atoms with E-state index in [1.54, 1.807) is 32.2 Å². The lowest BCUT2D eigenvalue weighted by Gasteiger charge is -2.10. The van der Waals surface area contributed by atoms with Crippen molar-refractivity contribution in [1.82, 2.24) is 4.98 Å². The van der Waals surface area contributed by atoms with E-state index in [1.807, 2.05) is 36.4 Å². The van der Waals surface area contributed by atoms with Crippen LogP contribution >= 0.6 is 0 Å². The summed E-state index contributed by atoms with van der Waals surface area (Å²) in [7, 11) is 0. The number of ether oxygens (including phenoxy) is 2. The van der Waals surface area contributed by atoms with Gasteiger partial charge in [-0.2, -0.15) is 5.26 Å². The van der Waals surface area contributed by atoms with Crippen molar-refractivity contribution in [3.05, 3.63) is 65.5 Å². The Bertz CT molecular complexity index is 762. The van der Waals surface area contributed by atoms with E-state index in [0.717, 1.165) is 5.69 Å². The van der Waals surface area contributed by atoms with E-state index in [9.17, 15) is 10.1 Å². The second-order valence-corrected chi connectivity index (χ2v) is 5.27. The zero-order valence-corrected chi connectivity index (χ0v) is 13.6. The third kappa shape index (κ3) is 4.96. The van der Waals surface area contributed by atoms with Crippen molar-refractivity contribution in [3.8, 4) is 11.8 Å². The molecule has 1 aromatic carbocycles. The van der Waals surface area contributed by atoms with Crippen LogP contribution < -0.4 is 4.74 Å².